The molecule has 41 heavy (non-hydrogen) atoms. The zero-order valence-corrected chi connectivity index (χ0v) is 25.2. The fourth-order valence-electron chi connectivity index (χ4n) is 9.24. The first kappa shape index (κ1) is 26.9. The van der Waals surface area contributed by atoms with Gasteiger partial charge in [-0.25, -0.2) is 0 Å². The van der Waals surface area contributed by atoms with Gasteiger partial charge in [-0.05, 0) is 122 Å². The monoisotopic (exact) mass is 552 g/mol. The summed E-state index contributed by atoms with van der Waals surface area (Å²) in [4.78, 5) is 5.28. The first-order valence-corrected chi connectivity index (χ1v) is 16.3. The van der Waals surface area contributed by atoms with E-state index in [1.807, 2.05) is 13.0 Å². The van der Waals surface area contributed by atoms with Gasteiger partial charge in [0.15, 0.2) is 0 Å². The van der Waals surface area contributed by atoms with Crippen molar-refractivity contribution in [3.8, 4) is 16.9 Å². The summed E-state index contributed by atoms with van der Waals surface area (Å²) in [5.41, 5.74) is 9.62. The number of ether oxygens (including phenoxy) is 1. The molecule has 0 aromatic heterocycles. The van der Waals surface area contributed by atoms with Crippen LogP contribution in [-0.2, 0) is 13.0 Å². The van der Waals surface area contributed by atoms with Crippen molar-refractivity contribution in [2.45, 2.75) is 65.3 Å². The maximum absolute atomic E-state index is 5.74. The highest BCUT2D eigenvalue weighted by Gasteiger charge is 2.51. The second-order valence-corrected chi connectivity index (χ2v) is 13.6. The van der Waals surface area contributed by atoms with Crippen LogP contribution in [0.1, 0.15) is 63.5 Å². The van der Waals surface area contributed by atoms with E-state index in [0.29, 0.717) is 12.0 Å². The van der Waals surface area contributed by atoms with Gasteiger partial charge in [0.2, 0.25) is 0 Å². The lowest BCUT2D eigenvalue weighted by atomic mass is 9.49. The molecule has 5 fully saturated rings. The Hall–Kier alpha value is -2.92. The predicted molar refractivity (Wildman–Crippen MR) is 167 cm³/mol. The largest absolute Gasteiger partial charge is 0.494 e. The van der Waals surface area contributed by atoms with Gasteiger partial charge in [0.05, 0.1) is 6.61 Å². The molecule has 2 aromatic carbocycles. The Kier molecular flexibility index (Phi) is 7.49. The molecule has 2 heterocycles. The Morgan fingerprint density at radius 2 is 1.59 bits per heavy atom. The molecule has 218 valence electrons. The van der Waals surface area contributed by atoms with Crippen LogP contribution in [0.15, 0.2) is 66.6 Å². The van der Waals surface area contributed by atoms with Crippen molar-refractivity contribution in [1.82, 2.24) is 20.2 Å². The van der Waals surface area contributed by atoms with Crippen LogP contribution in [0.25, 0.3) is 11.1 Å². The van der Waals surface area contributed by atoms with Crippen LogP contribution in [0.3, 0.4) is 0 Å². The van der Waals surface area contributed by atoms with Gasteiger partial charge in [-0.15, -0.1) is 0 Å². The van der Waals surface area contributed by atoms with Crippen molar-refractivity contribution in [3.63, 3.8) is 0 Å². The number of hydrogen-bond acceptors (Lipinski definition) is 5. The minimum Gasteiger partial charge on any atom is -0.494 e. The average molecular weight is 553 g/mol. The van der Waals surface area contributed by atoms with Crippen LogP contribution < -0.4 is 10.2 Å². The summed E-state index contributed by atoms with van der Waals surface area (Å²) in [5.74, 6) is 5.33. The lowest BCUT2D eigenvalue weighted by Gasteiger charge is -2.58. The number of nitrogens with zero attached hydrogens (tertiary/aromatic N) is 3. The van der Waals surface area contributed by atoms with E-state index in [0.717, 1.165) is 62.6 Å². The maximum atomic E-state index is 5.74. The number of hydrogen-bond donors (Lipinski definition) is 1. The van der Waals surface area contributed by atoms with Gasteiger partial charge in [0, 0.05) is 45.5 Å². The SMILES string of the molecule is CCOc1cccc(-c2ccc(CN3CCN(C4=CC=CNN4CC45CC6CC(CC(C6)C4)C5)CC3)c(CC)c2)c1. The fourth-order valence-corrected chi connectivity index (χ4v) is 9.24. The van der Waals surface area contributed by atoms with Crippen molar-refractivity contribution in [1.29, 1.82) is 0 Å². The van der Waals surface area contributed by atoms with Gasteiger partial charge in [0.1, 0.15) is 11.6 Å². The average Bonchev–Trinajstić information content (AvgIpc) is 2.98. The molecule has 0 radical (unpaired) electrons. The third kappa shape index (κ3) is 5.62. The quantitative estimate of drug-likeness (QED) is 0.369. The molecule has 4 bridgehead atoms. The molecule has 2 aromatic rings. The third-order valence-corrected chi connectivity index (χ3v) is 10.7. The zero-order valence-electron chi connectivity index (χ0n) is 25.2. The normalized spacial score (nSPS) is 29.0. The zero-order chi connectivity index (χ0) is 27.8. The lowest BCUT2D eigenvalue weighted by molar-refractivity contribution is -0.0736. The molecular weight excluding hydrogens is 504 g/mol. The van der Waals surface area contributed by atoms with Crippen molar-refractivity contribution in [2.24, 2.45) is 23.2 Å². The summed E-state index contributed by atoms with van der Waals surface area (Å²) in [7, 11) is 0. The summed E-state index contributed by atoms with van der Waals surface area (Å²) >= 11 is 0. The van der Waals surface area contributed by atoms with Crippen molar-refractivity contribution in [3.05, 3.63) is 77.8 Å². The van der Waals surface area contributed by atoms with Gasteiger partial charge in [0.25, 0.3) is 0 Å². The predicted octanol–water partition coefficient (Wildman–Crippen LogP) is 6.82. The number of aryl methyl sites for hydroxylation is 1. The van der Waals surface area contributed by atoms with E-state index in [1.54, 1.807) is 0 Å². The molecule has 4 aliphatic carbocycles. The van der Waals surface area contributed by atoms with Crippen molar-refractivity contribution < 1.29 is 4.74 Å². The molecule has 5 nitrogen and oxygen atoms in total. The van der Waals surface area contributed by atoms with Crippen LogP contribution in [-0.4, -0.2) is 54.1 Å². The van der Waals surface area contributed by atoms with Gasteiger partial charge in [-0.1, -0.05) is 37.3 Å². The van der Waals surface area contributed by atoms with Gasteiger partial charge < -0.3 is 15.1 Å². The van der Waals surface area contributed by atoms with E-state index in [4.69, 9.17) is 4.74 Å². The Labute approximate surface area is 247 Å². The number of rotatable bonds is 9. The maximum Gasteiger partial charge on any atom is 0.123 e. The highest BCUT2D eigenvalue weighted by atomic mass is 16.5. The topological polar surface area (TPSA) is 31.0 Å². The van der Waals surface area contributed by atoms with Gasteiger partial charge >= 0.3 is 0 Å². The molecule has 0 atom stereocenters. The Bertz CT molecular complexity index is 1250. The Balaban J connectivity index is 0.983. The molecule has 1 saturated heterocycles. The standard InChI is InChI=1S/C36H48N4O/c1-3-30-20-32(31-7-5-8-34(21-31)41-4-2)10-11-33(30)25-38-13-15-39(16-14-38)35-9-6-12-37-40(35)26-36-22-27-17-28(23-36)19-29(18-27)24-36/h5-12,20-21,27-29,37H,3-4,13-19,22-26H2,1-2H3. The van der Waals surface area contributed by atoms with Crippen LogP contribution >= 0.6 is 0 Å². The summed E-state index contributed by atoms with van der Waals surface area (Å²) < 4.78 is 5.74. The number of allylic oxidation sites excluding steroid dienone is 2. The number of piperazine rings is 1. The third-order valence-electron chi connectivity index (χ3n) is 10.7. The van der Waals surface area contributed by atoms with E-state index < -0.39 is 0 Å². The van der Waals surface area contributed by atoms with Crippen LogP contribution in [0, 0.1) is 23.2 Å². The van der Waals surface area contributed by atoms with Crippen LogP contribution in [0.4, 0.5) is 0 Å². The Morgan fingerprint density at radius 3 is 2.29 bits per heavy atom. The molecule has 0 unspecified atom stereocenters. The number of nitrogens with one attached hydrogen (secondary N) is 1. The number of hydrazine groups is 1. The smallest absolute Gasteiger partial charge is 0.123 e. The molecule has 0 spiro atoms. The first-order chi connectivity index (χ1) is 20.1. The molecule has 5 heteroatoms. The van der Waals surface area contributed by atoms with E-state index in [-0.39, 0.29) is 0 Å². The van der Waals surface area contributed by atoms with Gasteiger partial charge in [-0.3, -0.25) is 9.91 Å². The van der Waals surface area contributed by atoms with Crippen molar-refractivity contribution >= 4 is 0 Å². The lowest BCUT2D eigenvalue weighted by Crippen LogP contribution is -2.56. The second kappa shape index (κ2) is 11.4. The fraction of sp³-hybridized carbons (Fsp3) is 0.556. The van der Waals surface area contributed by atoms with E-state index in [9.17, 15) is 0 Å². The summed E-state index contributed by atoms with van der Waals surface area (Å²) in [5, 5.41) is 2.51. The summed E-state index contributed by atoms with van der Waals surface area (Å²) in [6, 6.07) is 15.5. The van der Waals surface area contributed by atoms with Crippen LogP contribution in [0.5, 0.6) is 5.75 Å². The van der Waals surface area contributed by atoms with E-state index in [1.165, 1.54) is 73.1 Å². The van der Waals surface area contributed by atoms with E-state index >= 15 is 0 Å². The molecular formula is C36H48N4O. The summed E-state index contributed by atoms with van der Waals surface area (Å²) in [6.07, 6.45) is 16.6. The van der Waals surface area contributed by atoms with Gasteiger partial charge in [-0.2, -0.15) is 0 Å². The highest BCUT2D eigenvalue weighted by molar-refractivity contribution is 5.66. The minimum atomic E-state index is 0.529. The van der Waals surface area contributed by atoms with E-state index in [2.05, 4.69) is 81.9 Å². The highest BCUT2D eigenvalue weighted by Crippen LogP contribution is 2.60. The first-order valence-electron chi connectivity index (χ1n) is 16.3. The van der Waals surface area contributed by atoms with Crippen molar-refractivity contribution in [2.75, 3.05) is 39.3 Å². The Morgan fingerprint density at radius 1 is 0.854 bits per heavy atom. The summed E-state index contributed by atoms with van der Waals surface area (Å²) in [6.45, 7) is 11.6. The molecule has 6 aliphatic rings. The second-order valence-electron chi connectivity index (χ2n) is 13.6. The molecule has 1 N–H and O–H groups in total. The molecule has 2 aliphatic heterocycles. The minimum absolute atomic E-state index is 0.529. The van der Waals surface area contributed by atoms with Crippen LogP contribution in [0.2, 0.25) is 0 Å². The molecule has 0 amide bonds. The molecule has 4 saturated carbocycles. The molecule has 8 rings (SSSR count). The number of benzene rings is 2.